The van der Waals surface area contributed by atoms with E-state index in [1.54, 1.807) is 44.2 Å². The van der Waals surface area contributed by atoms with Crippen LogP contribution in [0.15, 0.2) is 77.7 Å². The summed E-state index contributed by atoms with van der Waals surface area (Å²) in [5, 5.41) is 3.18. The Kier molecular flexibility index (Phi) is 9.94. The molecule has 0 spiro atoms. The van der Waals surface area contributed by atoms with Gasteiger partial charge in [-0.05, 0) is 62.6 Å². The van der Waals surface area contributed by atoms with E-state index in [0.29, 0.717) is 22.8 Å². The molecular formula is C29H34ClN3O4S. The van der Waals surface area contributed by atoms with Gasteiger partial charge in [0.1, 0.15) is 12.6 Å². The molecule has 3 aromatic carbocycles. The number of aryl methyl sites for hydroxylation is 2. The molecule has 7 nitrogen and oxygen atoms in total. The zero-order valence-electron chi connectivity index (χ0n) is 22.1. The molecule has 0 aromatic heterocycles. The van der Waals surface area contributed by atoms with Crippen LogP contribution in [0.3, 0.4) is 0 Å². The van der Waals surface area contributed by atoms with Crippen molar-refractivity contribution in [3.05, 3.63) is 94.5 Å². The SMILES string of the molecule is CCCNC(=O)[C@H](C)N(Cc1cccc(C)c1)C(=O)CN(c1cc(Cl)ccc1C)S(=O)(=O)c1ccccc1. The van der Waals surface area contributed by atoms with Crippen molar-refractivity contribution in [2.24, 2.45) is 0 Å². The lowest BCUT2D eigenvalue weighted by Gasteiger charge is -2.32. The number of nitrogens with zero attached hydrogens (tertiary/aromatic N) is 2. The van der Waals surface area contributed by atoms with Crippen molar-refractivity contribution in [1.29, 1.82) is 0 Å². The van der Waals surface area contributed by atoms with E-state index in [1.807, 2.05) is 38.1 Å². The maximum absolute atomic E-state index is 13.9. The highest BCUT2D eigenvalue weighted by Gasteiger charge is 2.33. The van der Waals surface area contributed by atoms with Crippen LogP contribution in [0.25, 0.3) is 0 Å². The molecule has 0 aliphatic heterocycles. The molecular weight excluding hydrogens is 522 g/mol. The van der Waals surface area contributed by atoms with E-state index in [2.05, 4.69) is 5.32 Å². The first kappa shape index (κ1) is 29.2. The summed E-state index contributed by atoms with van der Waals surface area (Å²) in [5.74, 6) is -0.811. The fourth-order valence-electron chi connectivity index (χ4n) is 4.07. The maximum Gasteiger partial charge on any atom is 0.264 e. The molecule has 1 N–H and O–H groups in total. The predicted octanol–water partition coefficient (Wildman–Crippen LogP) is 5.10. The van der Waals surface area contributed by atoms with Crippen LogP contribution < -0.4 is 9.62 Å². The summed E-state index contributed by atoms with van der Waals surface area (Å²) < 4.78 is 28.7. The Labute approximate surface area is 230 Å². The number of rotatable bonds is 11. The quantitative estimate of drug-likeness (QED) is 0.357. The molecule has 0 saturated heterocycles. The molecule has 0 unspecified atom stereocenters. The van der Waals surface area contributed by atoms with Gasteiger partial charge in [0.15, 0.2) is 0 Å². The molecule has 0 fully saturated rings. The number of benzene rings is 3. The van der Waals surface area contributed by atoms with Gasteiger partial charge in [-0.1, -0.05) is 72.6 Å². The van der Waals surface area contributed by atoms with Gasteiger partial charge in [-0.2, -0.15) is 0 Å². The first-order valence-corrected chi connectivity index (χ1v) is 14.3. The van der Waals surface area contributed by atoms with Crippen molar-refractivity contribution in [2.75, 3.05) is 17.4 Å². The minimum atomic E-state index is -4.14. The van der Waals surface area contributed by atoms with Crippen molar-refractivity contribution in [3.63, 3.8) is 0 Å². The molecule has 202 valence electrons. The topological polar surface area (TPSA) is 86.8 Å². The Hall–Kier alpha value is -3.36. The summed E-state index contributed by atoms with van der Waals surface area (Å²) in [4.78, 5) is 28.3. The molecule has 0 bridgehead atoms. The number of carbonyl (C=O) groups excluding carboxylic acids is 2. The van der Waals surface area contributed by atoms with Gasteiger partial charge in [0.25, 0.3) is 10.0 Å². The molecule has 0 heterocycles. The number of nitrogens with one attached hydrogen (secondary N) is 1. The third-order valence-corrected chi connectivity index (χ3v) is 8.21. The molecule has 38 heavy (non-hydrogen) atoms. The Morgan fingerprint density at radius 1 is 0.974 bits per heavy atom. The summed E-state index contributed by atoms with van der Waals surface area (Å²) in [6, 6.07) is 19.7. The maximum atomic E-state index is 13.9. The normalized spacial score (nSPS) is 12.0. The lowest BCUT2D eigenvalue weighted by atomic mass is 10.1. The molecule has 3 rings (SSSR count). The van der Waals surface area contributed by atoms with Crippen molar-refractivity contribution < 1.29 is 18.0 Å². The largest absolute Gasteiger partial charge is 0.354 e. The van der Waals surface area contributed by atoms with Crippen LogP contribution in [0, 0.1) is 13.8 Å². The lowest BCUT2D eigenvalue weighted by Crippen LogP contribution is -2.51. The number of amides is 2. The molecule has 0 saturated carbocycles. The first-order chi connectivity index (χ1) is 18.0. The van der Waals surface area contributed by atoms with Crippen molar-refractivity contribution in [2.45, 2.75) is 51.6 Å². The van der Waals surface area contributed by atoms with Gasteiger partial charge in [0, 0.05) is 18.1 Å². The van der Waals surface area contributed by atoms with E-state index in [-0.39, 0.29) is 17.3 Å². The van der Waals surface area contributed by atoms with Gasteiger partial charge in [-0.25, -0.2) is 8.42 Å². The summed E-state index contributed by atoms with van der Waals surface area (Å²) in [6.07, 6.45) is 0.751. The standard InChI is InChI=1S/C29H34ClN3O4S/c1-5-16-31-29(35)23(4)32(19-24-11-9-10-21(2)17-24)28(34)20-33(27-18-25(30)15-14-22(27)3)38(36,37)26-12-7-6-8-13-26/h6-15,17-18,23H,5,16,19-20H2,1-4H3,(H,31,35)/t23-/m0/s1. The van der Waals surface area contributed by atoms with E-state index in [1.165, 1.54) is 23.1 Å². The van der Waals surface area contributed by atoms with Crippen LogP contribution in [0.5, 0.6) is 0 Å². The van der Waals surface area contributed by atoms with Crippen LogP contribution in [-0.4, -0.2) is 44.3 Å². The number of hydrogen-bond acceptors (Lipinski definition) is 4. The van der Waals surface area contributed by atoms with Crippen molar-refractivity contribution >= 4 is 39.1 Å². The monoisotopic (exact) mass is 555 g/mol. The fourth-order valence-corrected chi connectivity index (χ4v) is 5.73. The fraction of sp³-hybridized carbons (Fsp3) is 0.310. The number of anilines is 1. The highest BCUT2D eigenvalue weighted by Crippen LogP contribution is 2.30. The number of sulfonamides is 1. The second-order valence-corrected chi connectivity index (χ2v) is 11.5. The summed E-state index contributed by atoms with van der Waals surface area (Å²) >= 11 is 6.25. The van der Waals surface area contributed by atoms with Crippen LogP contribution in [0.2, 0.25) is 5.02 Å². The van der Waals surface area contributed by atoms with Crippen LogP contribution in [0.4, 0.5) is 5.69 Å². The average Bonchev–Trinajstić information content (AvgIpc) is 2.90. The molecule has 9 heteroatoms. The smallest absolute Gasteiger partial charge is 0.264 e. The Balaban J connectivity index is 2.05. The van der Waals surface area contributed by atoms with E-state index in [0.717, 1.165) is 21.9 Å². The third kappa shape index (κ3) is 7.14. The molecule has 0 radical (unpaired) electrons. The zero-order chi connectivity index (χ0) is 27.9. The van der Waals surface area contributed by atoms with Gasteiger partial charge >= 0.3 is 0 Å². The lowest BCUT2D eigenvalue weighted by molar-refractivity contribution is -0.139. The average molecular weight is 556 g/mol. The number of halogens is 1. The minimum Gasteiger partial charge on any atom is -0.354 e. The summed E-state index contributed by atoms with van der Waals surface area (Å²) in [6.45, 7) is 7.42. The highest BCUT2D eigenvalue weighted by atomic mass is 35.5. The van der Waals surface area contributed by atoms with Crippen molar-refractivity contribution in [1.82, 2.24) is 10.2 Å². The first-order valence-electron chi connectivity index (χ1n) is 12.5. The molecule has 0 aliphatic rings. The summed E-state index contributed by atoms with van der Waals surface area (Å²) in [5.41, 5.74) is 2.79. The van der Waals surface area contributed by atoms with Gasteiger partial charge in [0.2, 0.25) is 11.8 Å². The van der Waals surface area contributed by atoms with Gasteiger partial charge < -0.3 is 10.2 Å². The number of carbonyl (C=O) groups is 2. The van der Waals surface area contributed by atoms with Crippen LogP contribution in [-0.2, 0) is 26.2 Å². The molecule has 3 aromatic rings. The van der Waals surface area contributed by atoms with E-state index in [9.17, 15) is 18.0 Å². The van der Waals surface area contributed by atoms with Gasteiger partial charge in [-0.3, -0.25) is 13.9 Å². The predicted molar refractivity (Wildman–Crippen MR) is 152 cm³/mol. The second-order valence-electron chi connectivity index (χ2n) is 9.23. The molecule has 1 atom stereocenters. The third-order valence-electron chi connectivity index (χ3n) is 6.20. The van der Waals surface area contributed by atoms with E-state index in [4.69, 9.17) is 11.6 Å². The molecule has 0 aliphatic carbocycles. The van der Waals surface area contributed by atoms with Gasteiger partial charge in [-0.15, -0.1) is 0 Å². The highest BCUT2D eigenvalue weighted by molar-refractivity contribution is 7.92. The van der Waals surface area contributed by atoms with E-state index >= 15 is 0 Å². The van der Waals surface area contributed by atoms with Crippen molar-refractivity contribution in [3.8, 4) is 0 Å². The zero-order valence-corrected chi connectivity index (χ0v) is 23.7. The van der Waals surface area contributed by atoms with Gasteiger partial charge in [0.05, 0.1) is 10.6 Å². The molecule has 2 amide bonds. The van der Waals surface area contributed by atoms with Crippen LogP contribution in [0.1, 0.15) is 37.0 Å². The Bertz CT molecular complexity index is 1380. The second kappa shape index (κ2) is 12.9. The van der Waals surface area contributed by atoms with E-state index < -0.39 is 28.5 Å². The Morgan fingerprint density at radius 2 is 1.68 bits per heavy atom. The van der Waals surface area contributed by atoms with Crippen LogP contribution >= 0.6 is 11.6 Å². The summed E-state index contributed by atoms with van der Waals surface area (Å²) in [7, 11) is -4.14. The number of hydrogen-bond donors (Lipinski definition) is 1. The minimum absolute atomic E-state index is 0.0474. The Morgan fingerprint density at radius 3 is 2.34 bits per heavy atom.